The van der Waals surface area contributed by atoms with Crippen molar-refractivity contribution in [3.8, 4) is 28.4 Å². The SMILES string of the molecule is COCCOc1nc(-c2cnc(N)nc2)ccc1NC(=O)c1c(-c2ccc(F)cc2)noc1C. The molecule has 3 heterocycles. The predicted molar refractivity (Wildman–Crippen MR) is 122 cm³/mol. The molecule has 0 atom stereocenters. The summed E-state index contributed by atoms with van der Waals surface area (Å²) >= 11 is 0. The molecule has 0 aliphatic rings. The number of nitrogen functional groups attached to an aromatic ring is 1. The molecule has 0 radical (unpaired) electrons. The fourth-order valence-electron chi connectivity index (χ4n) is 3.13. The maximum atomic E-state index is 13.3. The highest BCUT2D eigenvalue weighted by Gasteiger charge is 2.23. The van der Waals surface area contributed by atoms with E-state index >= 15 is 0 Å². The van der Waals surface area contributed by atoms with Gasteiger partial charge in [-0.3, -0.25) is 4.79 Å². The fraction of sp³-hybridized carbons (Fsp3) is 0.174. The molecule has 174 valence electrons. The van der Waals surface area contributed by atoms with Gasteiger partial charge in [0.2, 0.25) is 11.8 Å². The van der Waals surface area contributed by atoms with Crippen LogP contribution in [0, 0.1) is 12.7 Å². The van der Waals surface area contributed by atoms with E-state index in [9.17, 15) is 9.18 Å². The Morgan fingerprint density at radius 2 is 1.82 bits per heavy atom. The van der Waals surface area contributed by atoms with E-state index in [1.807, 2.05) is 0 Å². The van der Waals surface area contributed by atoms with Crippen LogP contribution in [-0.4, -0.2) is 46.3 Å². The van der Waals surface area contributed by atoms with Crippen molar-refractivity contribution in [3.63, 3.8) is 0 Å². The zero-order chi connectivity index (χ0) is 24.1. The van der Waals surface area contributed by atoms with Crippen LogP contribution in [0.4, 0.5) is 16.0 Å². The minimum Gasteiger partial charge on any atom is -0.474 e. The summed E-state index contributed by atoms with van der Waals surface area (Å²) in [5.41, 5.74) is 8.07. The van der Waals surface area contributed by atoms with E-state index < -0.39 is 11.7 Å². The Hall–Kier alpha value is -4.38. The number of pyridine rings is 1. The van der Waals surface area contributed by atoms with Crippen molar-refractivity contribution in [2.45, 2.75) is 6.92 Å². The lowest BCUT2D eigenvalue weighted by Crippen LogP contribution is -2.16. The van der Waals surface area contributed by atoms with Gasteiger partial charge in [0.25, 0.3) is 5.91 Å². The Labute approximate surface area is 193 Å². The van der Waals surface area contributed by atoms with Gasteiger partial charge < -0.3 is 25.0 Å². The first-order valence-corrected chi connectivity index (χ1v) is 10.2. The van der Waals surface area contributed by atoms with Gasteiger partial charge in [-0.25, -0.2) is 19.3 Å². The molecule has 34 heavy (non-hydrogen) atoms. The molecule has 0 bridgehead atoms. The molecule has 4 aromatic rings. The molecule has 3 N–H and O–H groups in total. The molecule has 1 aromatic carbocycles. The highest BCUT2D eigenvalue weighted by Crippen LogP contribution is 2.30. The lowest BCUT2D eigenvalue weighted by atomic mass is 10.1. The summed E-state index contributed by atoms with van der Waals surface area (Å²) in [4.78, 5) is 25.7. The zero-order valence-corrected chi connectivity index (χ0v) is 18.4. The first kappa shape index (κ1) is 22.8. The molecule has 3 aromatic heterocycles. The molecule has 0 saturated carbocycles. The summed E-state index contributed by atoms with van der Waals surface area (Å²) in [7, 11) is 1.55. The number of nitrogens with one attached hydrogen (secondary N) is 1. The van der Waals surface area contributed by atoms with E-state index in [4.69, 9.17) is 19.7 Å². The molecule has 0 saturated heterocycles. The van der Waals surface area contributed by atoms with Crippen LogP contribution in [-0.2, 0) is 4.74 Å². The lowest BCUT2D eigenvalue weighted by Gasteiger charge is -2.13. The zero-order valence-electron chi connectivity index (χ0n) is 18.4. The number of anilines is 2. The van der Waals surface area contributed by atoms with Crippen molar-refractivity contribution in [1.82, 2.24) is 20.1 Å². The largest absolute Gasteiger partial charge is 0.474 e. The minimum absolute atomic E-state index is 0.144. The van der Waals surface area contributed by atoms with Crippen LogP contribution < -0.4 is 15.8 Å². The summed E-state index contributed by atoms with van der Waals surface area (Å²) < 4.78 is 29.4. The van der Waals surface area contributed by atoms with Crippen molar-refractivity contribution in [2.24, 2.45) is 0 Å². The molecular formula is C23H21FN6O4. The molecular weight excluding hydrogens is 443 g/mol. The third kappa shape index (κ3) is 4.99. The third-order valence-electron chi connectivity index (χ3n) is 4.81. The monoisotopic (exact) mass is 464 g/mol. The number of hydrogen-bond donors (Lipinski definition) is 2. The number of amides is 1. The summed E-state index contributed by atoms with van der Waals surface area (Å²) in [6, 6.07) is 8.95. The summed E-state index contributed by atoms with van der Waals surface area (Å²) in [6.07, 6.45) is 3.08. The van der Waals surface area contributed by atoms with Crippen LogP contribution in [0.1, 0.15) is 16.1 Å². The van der Waals surface area contributed by atoms with Gasteiger partial charge in [0.1, 0.15) is 35.1 Å². The van der Waals surface area contributed by atoms with Gasteiger partial charge in [-0.05, 0) is 43.3 Å². The number of hydrogen-bond acceptors (Lipinski definition) is 9. The molecule has 10 nitrogen and oxygen atoms in total. The number of nitrogens with two attached hydrogens (primary N) is 1. The average Bonchev–Trinajstić information content (AvgIpc) is 3.22. The molecule has 0 aliphatic carbocycles. The van der Waals surface area contributed by atoms with Crippen molar-refractivity contribution in [2.75, 3.05) is 31.4 Å². The van der Waals surface area contributed by atoms with Gasteiger partial charge in [0.05, 0.1) is 12.3 Å². The second kappa shape index (κ2) is 10.0. The first-order chi connectivity index (χ1) is 16.5. The molecule has 0 aliphatic heterocycles. The molecule has 0 fully saturated rings. The number of carbonyl (C=O) groups excluding carboxylic acids is 1. The van der Waals surface area contributed by atoms with Crippen LogP contribution in [0.3, 0.4) is 0 Å². The van der Waals surface area contributed by atoms with Crippen molar-refractivity contribution < 1.29 is 23.2 Å². The van der Waals surface area contributed by atoms with E-state index in [-0.39, 0.29) is 24.0 Å². The van der Waals surface area contributed by atoms with Gasteiger partial charge in [0, 0.05) is 30.6 Å². The number of benzene rings is 1. The van der Waals surface area contributed by atoms with Gasteiger partial charge >= 0.3 is 0 Å². The predicted octanol–water partition coefficient (Wildman–Crippen LogP) is 3.50. The van der Waals surface area contributed by atoms with Crippen molar-refractivity contribution in [1.29, 1.82) is 0 Å². The summed E-state index contributed by atoms with van der Waals surface area (Å²) in [6.45, 7) is 2.15. The van der Waals surface area contributed by atoms with Crippen LogP contribution in [0.15, 0.2) is 53.3 Å². The van der Waals surface area contributed by atoms with E-state index in [0.29, 0.717) is 40.6 Å². The van der Waals surface area contributed by atoms with Crippen molar-refractivity contribution >= 4 is 17.5 Å². The maximum Gasteiger partial charge on any atom is 0.261 e. The van der Waals surface area contributed by atoms with Gasteiger partial charge in [-0.2, -0.15) is 0 Å². The number of methoxy groups -OCH3 is 1. The van der Waals surface area contributed by atoms with E-state index in [0.717, 1.165) is 0 Å². The fourth-order valence-corrected chi connectivity index (χ4v) is 3.13. The normalized spacial score (nSPS) is 10.8. The maximum absolute atomic E-state index is 13.3. The number of ether oxygens (including phenoxy) is 2. The standard InChI is InChI=1S/C23H21FN6O4/c1-13-19(20(30-34-13)14-3-5-16(24)6-4-14)21(31)28-18-8-7-17(15-11-26-23(25)27-12-15)29-22(18)33-10-9-32-2/h3-8,11-12H,9-10H2,1-2H3,(H,28,31)(H2,25,26,27). The first-order valence-electron chi connectivity index (χ1n) is 10.2. The minimum atomic E-state index is -0.486. The molecule has 0 unspecified atom stereocenters. The van der Waals surface area contributed by atoms with Crippen LogP contribution in [0.2, 0.25) is 0 Å². The number of rotatable bonds is 8. The van der Waals surface area contributed by atoms with Gasteiger partial charge in [-0.15, -0.1) is 0 Å². The average molecular weight is 464 g/mol. The molecule has 4 rings (SSSR count). The Balaban J connectivity index is 1.65. The Kier molecular flexibility index (Phi) is 6.74. The van der Waals surface area contributed by atoms with E-state index in [1.165, 1.54) is 36.7 Å². The highest BCUT2D eigenvalue weighted by atomic mass is 19.1. The summed E-state index contributed by atoms with van der Waals surface area (Å²) in [5, 5.41) is 6.77. The smallest absolute Gasteiger partial charge is 0.261 e. The van der Waals surface area contributed by atoms with Crippen LogP contribution in [0.25, 0.3) is 22.5 Å². The lowest BCUT2D eigenvalue weighted by molar-refractivity contribution is 0.102. The third-order valence-corrected chi connectivity index (χ3v) is 4.81. The second-order valence-electron chi connectivity index (χ2n) is 7.14. The number of aryl methyl sites for hydroxylation is 1. The number of halogens is 1. The van der Waals surface area contributed by atoms with Gasteiger partial charge in [0.15, 0.2) is 0 Å². The highest BCUT2D eigenvalue weighted by molar-refractivity contribution is 6.09. The Morgan fingerprint density at radius 1 is 1.09 bits per heavy atom. The Bertz CT molecular complexity index is 1290. The number of aromatic nitrogens is 4. The molecule has 1 amide bonds. The van der Waals surface area contributed by atoms with Crippen LogP contribution >= 0.6 is 0 Å². The van der Waals surface area contributed by atoms with Crippen LogP contribution in [0.5, 0.6) is 5.88 Å². The van der Waals surface area contributed by atoms with Crippen molar-refractivity contribution in [3.05, 3.63) is 65.9 Å². The summed E-state index contributed by atoms with van der Waals surface area (Å²) in [5.74, 6) is -0.254. The number of nitrogens with zero attached hydrogens (tertiary/aromatic N) is 4. The molecule has 0 spiro atoms. The Morgan fingerprint density at radius 3 is 2.53 bits per heavy atom. The quantitative estimate of drug-likeness (QED) is 0.375. The van der Waals surface area contributed by atoms with Gasteiger partial charge in [-0.1, -0.05) is 5.16 Å². The molecule has 11 heteroatoms. The topological polar surface area (TPSA) is 138 Å². The van der Waals surface area contributed by atoms with E-state index in [1.54, 1.807) is 26.2 Å². The number of carbonyl (C=O) groups is 1. The second-order valence-corrected chi connectivity index (χ2v) is 7.14. The van der Waals surface area contributed by atoms with E-state index in [2.05, 4.69) is 25.4 Å².